The molecule has 0 amide bonds. The van der Waals surface area contributed by atoms with Gasteiger partial charge in [-0.25, -0.2) is 0 Å². The number of carbonyl (C=O) groups is 1. The molecule has 8 nitrogen and oxygen atoms in total. The smallest absolute Gasteiger partial charge is 0.309 e. The summed E-state index contributed by atoms with van der Waals surface area (Å²) in [5, 5.41) is 4.31. The molecule has 33 heavy (non-hydrogen) atoms. The van der Waals surface area contributed by atoms with E-state index in [0.717, 1.165) is 18.4 Å². The van der Waals surface area contributed by atoms with Gasteiger partial charge >= 0.3 is 5.97 Å². The van der Waals surface area contributed by atoms with E-state index in [4.69, 9.17) is 18.9 Å². The van der Waals surface area contributed by atoms with Crippen molar-refractivity contribution >= 4 is 5.97 Å². The number of rotatable bonds is 14. The highest BCUT2D eigenvalue weighted by atomic mass is 16.6. The van der Waals surface area contributed by atoms with Crippen LogP contribution < -0.4 is 9.47 Å². The number of carbonyl (C=O) groups excluding carboxylic acids is 1. The van der Waals surface area contributed by atoms with E-state index in [2.05, 4.69) is 23.9 Å². The van der Waals surface area contributed by atoms with E-state index in [-0.39, 0.29) is 17.8 Å². The van der Waals surface area contributed by atoms with Gasteiger partial charge in [0.25, 0.3) is 0 Å². The van der Waals surface area contributed by atoms with Crippen LogP contribution in [0.4, 0.5) is 0 Å². The van der Waals surface area contributed by atoms with Crippen molar-refractivity contribution in [1.82, 2.24) is 0 Å². The number of cyclic esters (lactones) is 1. The van der Waals surface area contributed by atoms with Crippen molar-refractivity contribution in [2.45, 2.75) is 71.4 Å². The minimum Gasteiger partial charge on any atom is -0.493 e. The molecule has 1 aromatic rings. The van der Waals surface area contributed by atoms with Gasteiger partial charge in [0.2, 0.25) is 0 Å². The van der Waals surface area contributed by atoms with Crippen molar-refractivity contribution < 1.29 is 23.7 Å². The molecule has 0 radical (unpaired) electrons. The zero-order valence-electron chi connectivity index (χ0n) is 20.9. The molecular weight excluding hydrogens is 422 g/mol. The average Bonchev–Trinajstić information content (AvgIpc) is 3.18. The summed E-state index contributed by atoms with van der Waals surface area (Å²) in [6.45, 7) is 9.43. The van der Waals surface area contributed by atoms with Crippen LogP contribution in [0, 0.1) is 17.8 Å². The summed E-state index contributed by atoms with van der Waals surface area (Å²) in [7, 11) is 3.27. The molecule has 0 aliphatic carbocycles. The fourth-order valence-corrected chi connectivity index (χ4v) is 4.30. The highest BCUT2D eigenvalue weighted by molar-refractivity contribution is 5.75. The molecule has 3 atom stereocenters. The zero-order chi connectivity index (χ0) is 24.4. The Morgan fingerprint density at radius 1 is 1.21 bits per heavy atom. The molecule has 0 saturated carbocycles. The molecule has 1 aliphatic rings. The first-order valence-corrected chi connectivity index (χ1v) is 11.8. The van der Waals surface area contributed by atoms with Crippen molar-refractivity contribution in [3.05, 3.63) is 34.2 Å². The fourth-order valence-electron chi connectivity index (χ4n) is 4.30. The average molecular weight is 462 g/mol. The van der Waals surface area contributed by atoms with E-state index in [1.54, 1.807) is 14.2 Å². The van der Waals surface area contributed by atoms with Crippen molar-refractivity contribution in [1.29, 1.82) is 0 Å². The second-order valence-electron chi connectivity index (χ2n) is 9.59. The number of benzene rings is 1. The standard InChI is InChI=1S/C25H39N3O5/c1-17(2)10-11-25(27-28-26,23-15-20(18(3)4)24(29)33-23)16-19-8-9-21(31-6)22(14-19)32-13-7-12-30-5/h8-9,14,17-18,20,23H,7,10-13,15-16H2,1-6H3/t20?,23?,25-/m0/s1. The highest BCUT2D eigenvalue weighted by Crippen LogP contribution is 2.41. The van der Waals surface area contributed by atoms with Gasteiger partial charge in [-0.15, -0.1) is 0 Å². The molecule has 184 valence electrons. The Kier molecular flexibility index (Phi) is 10.3. The summed E-state index contributed by atoms with van der Waals surface area (Å²) in [6.07, 6.45) is 2.80. The molecule has 0 aromatic heterocycles. The van der Waals surface area contributed by atoms with Crippen LogP contribution in [-0.4, -0.2) is 45.0 Å². The van der Waals surface area contributed by atoms with Gasteiger partial charge in [0.1, 0.15) is 6.10 Å². The third-order valence-corrected chi connectivity index (χ3v) is 6.32. The number of hydrogen-bond acceptors (Lipinski definition) is 6. The maximum atomic E-state index is 12.6. The lowest BCUT2D eigenvalue weighted by molar-refractivity contribution is -0.147. The summed E-state index contributed by atoms with van der Waals surface area (Å²) < 4.78 is 22.3. The zero-order valence-corrected chi connectivity index (χ0v) is 20.9. The van der Waals surface area contributed by atoms with Gasteiger partial charge in [-0.1, -0.05) is 45.3 Å². The van der Waals surface area contributed by atoms with Gasteiger partial charge in [0.15, 0.2) is 11.5 Å². The maximum absolute atomic E-state index is 12.6. The van der Waals surface area contributed by atoms with Crippen LogP contribution in [0.25, 0.3) is 10.4 Å². The largest absolute Gasteiger partial charge is 0.493 e. The second kappa shape index (κ2) is 12.7. The third kappa shape index (κ3) is 7.27. The Labute approximate surface area is 197 Å². The van der Waals surface area contributed by atoms with Crippen LogP contribution in [0.15, 0.2) is 23.3 Å². The number of methoxy groups -OCH3 is 2. The van der Waals surface area contributed by atoms with Crippen molar-refractivity contribution in [2.75, 3.05) is 27.4 Å². The van der Waals surface area contributed by atoms with E-state index in [0.29, 0.717) is 49.9 Å². The number of azide groups is 1. The molecule has 8 heteroatoms. The first kappa shape index (κ1) is 26.8. The molecule has 0 spiro atoms. The van der Waals surface area contributed by atoms with Gasteiger partial charge in [-0.3, -0.25) is 4.79 Å². The van der Waals surface area contributed by atoms with Crippen LogP contribution in [-0.2, 0) is 20.7 Å². The third-order valence-electron chi connectivity index (χ3n) is 6.32. The van der Waals surface area contributed by atoms with Crippen molar-refractivity contribution in [3.8, 4) is 11.5 Å². The Balaban J connectivity index is 2.37. The van der Waals surface area contributed by atoms with Crippen LogP contribution in [0.5, 0.6) is 11.5 Å². The molecule has 0 N–H and O–H groups in total. The van der Waals surface area contributed by atoms with Crippen LogP contribution in [0.3, 0.4) is 0 Å². The Hall–Kier alpha value is -2.44. The monoisotopic (exact) mass is 461 g/mol. The molecular formula is C25H39N3O5. The van der Waals surface area contributed by atoms with Gasteiger partial charge in [-0.05, 0) is 54.3 Å². The normalized spacial score (nSPS) is 19.8. The highest BCUT2D eigenvalue weighted by Gasteiger charge is 2.48. The number of hydrogen-bond donors (Lipinski definition) is 0. The van der Waals surface area contributed by atoms with Gasteiger partial charge in [0, 0.05) is 25.0 Å². The van der Waals surface area contributed by atoms with Gasteiger partial charge in [-0.2, -0.15) is 0 Å². The minimum atomic E-state index is -0.861. The summed E-state index contributed by atoms with van der Waals surface area (Å²) in [6, 6.07) is 5.75. The minimum absolute atomic E-state index is 0.171. The van der Waals surface area contributed by atoms with Crippen LogP contribution in [0.1, 0.15) is 58.9 Å². The SMILES string of the molecule is COCCCOc1cc(C[C@](CCC(C)C)(N=[N+]=[N-])C2CC(C(C)C)C(=O)O2)ccc1OC. The van der Waals surface area contributed by atoms with E-state index >= 15 is 0 Å². The predicted molar refractivity (Wildman–Crippen MR) is 127 cm³/mol. The maximum Gasteiger partial charge on any atom is 0.309 e. The lowest BCUT2D eigenvalue weighted by Gasteiger charge is -2.34. The Morgan fingerprint density at radius 3 is 2.55 bits per heavy atom. The summed E-state index contributed by atoms with van der Waals surface area (Å²) in [4.78, 5) is 15.8. The lowest BCUT2D eigenvalue weighted by Crippen LogP contribution is -2.42. The molecule has 1 fully saturated rings. The number of esters is 1. The number of nitrogens with zero attached hydrogens (tertiary/aromatic N) is 3. The summed E-state index contributed by atoms with van der Waals surface area (Å²) >= 11 is 0. The van der Waals surface area contributed by atoms with Gasteiger partial charge < -0.3 is 18.9 Å². The Bertz CT molecular complexity index is 822. The molecule has 1 saturated heterocycles. The molecule has 1 heterocycles. The summed E-state index contributed by atoms with van der Waals surface area (Å²) in [5.41, 5.74) is 9.59. The van der Waals surface area contributed by atoms with Crippen molar-refractivity contribution in [3.63, 3.8) is 0 Å². The number of ether oxygens (including phenoxy) is 4. The topological polar surface area (TPSA) is 103 Å². The van der Waals surface area contributed by atoms with E-state index in [9.17, 15) is 10.3 Å². The van der Waals surface area contributed by atoms with Gasteiger partial charge in [0.05, 0.1) is 25.2 Å². The van der Waals surface area contributed by atoms with Crippen LogP contribution in [0.2, 0.25) is 0 Å². The predicted octanol–water partition coefficient (Wildman–Crippen LogP) is 5.73. The second-order valence-corrected chi connectivity index (χ2v) is 9.59. The lowest BCUT2D eigenvalue weighted by atomic mass is 9.77. The Morgan fingerprint density at radius 2 is 1.97 bits per heavy atom. The quantitative estimate of drug-likeness (QED) is 0.116. The van der Waals surface area contributed by atoms with E-state index < -0.39 is 11.6 Å². The van der Waals surface area contributed by atoms with E-state index in [1.165, 1.54) is 0 Å². The fraction of sp³-hybridized carbons (Fsp3) is 0.720. The first-order valence-electron chi connectivity index (χ1n) is 11.8. The van der Waals surface area contributed by atoms with Crippen molar-refractivity contribution in [2.24, 2.45) is 22.9 Å². The molecule has 2 unspecified atom stereocenters. The van der Waals surface area contributed by atoms with E-state index in [1.807, 2.05) is 32.0 Å². The molecule has 0 bridgehead atoms. The first-order chi connectivity index (χ1) is 15.8. The molecule has 2 rings (SSSR count). The molecule has 1 aliphatic heterocycles. The molecule has 1 aromatic carbocycles. The summed E-state index contributed by atoms with van der Waals surface area (Å²) in [5.74, 6) is 1.48. The van der Waals surface area contributed by atoms with Crippen LogP contribution >= 0.6 is 0 Å².